The average Bonchev–Trinajstić information content (AvgIpc) is 3.18. The molecule has 12 nitrogen and oxygen atoms in total. The molecule has 5 aromatic rings. The topological polar surface area (TPSA) is 130 Å². The predicted molar refractivity (Wildman–Crippen MR) is 218 cm³/mol. The highest BCUT2D eigenvalue weighted by Gasteiger charge is 2.43. The molecule has 0 radical (unpaired) electrons. The molecular formula is C42H50N2O10Si2. The van der Waals surface area contributed by atoms with Gasteiger partial charge in [-0.05, 0) is 111 Å². The summed E-state index contributed by atoms with van der Waals surface area (Å²) in [6, 6.07) is 15.8. The molecule has 2 aliphatic rings. The van der Waals surface area contributed by atoms with Crippen molar-refractivity contribution >= 4 is 84.3 Å². The van der Waals surface area contributed by atoms with E-state index >= 15 is 0 Å². The largest absolute Gasteiger partial charge is 0.500 e. The van der Waals surface area contributed by atoms with E-state index in [1.54, 1.807) is 24.3 Å². The number of fused-ring (bicyclic) bond motifs is 2. The van der Waals surface area contributed by atoms with Crippen LogP contribution in [0.2, 0.25) is 12.1 Å². The lowest BCUT2D eigenvalue weighted by Gasteiger charge is -2.32. The number of benzene rings is 5. The van der Waals surface area contributed by atoms with E-state index in [-0.39, 0.29) is 36.7 Å². The van der Waals surface area contributed by atoms with E-state index in [2.05, 4.69) is 0 Å². The van der Waals surface area contributed by atoms with Gasteiger partial charge in [-0.1, -0.05) is 24.3 Å². The Morgan fingerprint density at radius 1 is 0.393 bits per heavy atom. The Balaban J connectivity index is 1.22. The third-order valence-corrected chi connectivity index (χ3v) is 17.0. The van der Waals surface area contributed by atoms with Crippen LogP contribution in [0.15, 0.2) is 48.5 Å². The van der Waals surface area contributed by atoms with Crippen LogP contribution < -0.4 is 0 Å². The Morgan fingerprint density at radius 3 is 0.875 bits per heavy atom. The Labute approximate surface area is 329 Å². The zero-order valence-electron chi connectivity index (χ0n) is 33.1. The molecule has 56 heavy (non-hydrogen) atoms. The van der Waals surface area contributed by atoms with Gasteiger partial charge in [-0.15, -0.1) is 0 Å². The van der Waals surface area contributed by atoms with Gasteiger partial charge in [-0.2, -0.15) is 0 Å². The SMILES string of the molecule is CCO[Si](CCCN1C(=O)c2ccc3c4ccc5c6c(ccc(c7ccc(c2c37)C1=O)c64)C(=O)N(CCC[Si](OCC)(OCC)OCC)C5=O)(OCC)OCC. The van der Waals surface area contributed by atoms with Gasteiger partial charge in [0.1, 0.15) is 0 Å². The standard InChI is InChI=1S/C42H50N2O10Si2/c1-7-49-55(50-8-2,51-9-3)25-13-23-43-39(45)31-19-15-27-29-17-21-33-38-34(22-18-30(36(29)38)28-16-20-32(40(43)46)37(31)35(27)28)42(48)44(41(33)47)24-14-26-56(52-10-4,53-11-5)54-12-6/h15-22H,7-14,23-26H2,1-6H3. The van der Waals surface area contributed by atoms with Crippen LogP contribution in [0.1, 0.15) is 95.8 Å². The van der Waals surface area contributed by atoms with Gasteiger partial charge in [0.25, 0.3) is 23.6 Å². The maximum absolute atomic E-state index is 14.1. The molecule has 4 amide bonds. The molecule has 0 spiro atoms. The number of carbonyl (C=O) groups excluding carboxylic acids is 4. The molecule has 7 rings (SSSR count). The molecule has 0 bridgehead atoms. The molecule has 0 saturated carbocycles. The van der Waals surface area contributed by atoms with Crippen molar-refractivity contribution in [1.29, 1.82) is 0 Å². The summed E-state index contributed by atoms with van der Waals surface area (Å²) in [5.74, 6) is -1.39. The fraction of sp³-hybridized carbons (Fsp3) is 0.429. The third kappa shape index (κ3) is 6.65. The van der Waals surface area contributed by atoms with E-state index in [0.29, 0.717) is 97.6 Å². The highest BCUT2D eigenvalue weighted by molar-refractivity contribution is 6.61. The first-order chi connectivity index (χ1) is 27.1. The summed E-state index contributed by atoms with van der Waals surface area (Å²) in [7, 11) is -5.92. The molecule has 2 aliphatic heterocycles. The lowest BCUT2D eigenvalue weighted by molar-refractivity contribution is 0.0573. The third-order valence-electron chi connectivity index (χ3n) is 10.7. The summed E-state index contributed by atoms with van der Waals surface area (Å²) in [5, 5.41) is 6.25. The van der Waals surface area contributed by atoms with Crippen LogP contribution in [0.5, 0.6) is 0 Å². The van der Waals surface area contributed by atoms with Crippen molar-refractivity contribution in [3.8, 4) is 0 Å². The van der Waals surface area contributed by atoms with E-state index < -0.39 is 17.6 Å². The van der Waals surface area contributed by atoms with Gasteiger partial charge in [-0.25, -0.2) is 0 Å². The molecule has 0 unspecified atom stereocenters. The van der Waals surface area contributed by atoms with Crippen molar-refractivity contribution in [1.82, 2.24) is 9.80 Å². The van der Waals surface area contributed by atoms with E-state index in [0.717, 1.165) is 32.3 Å². The maximum atomic E-state index is 14.1. The summed E-state index contributed by atoms with van der Waals surface area (Å²) >= 11 is 0. The number of carbonyl (C=O) groups is 4. The monoisotopic (exact) mass is 798 g/mol. The number of imide groups is 2. The summed E-state index contributed by atoms with van der Waals surface area (Å²) in [6.45, 7) is 14.5. The Hall–Kier alpha value is -4.13. The fourth-order valence-corrected chi connectivity index (χ4v) is 13.9. The van der Waals surface area contributed by atoms with Crippen molar-refractivity contribution in [2.75, 3.05) is 52.7 Å². The Kier molecular flexibility index (Phi) is 11.7. The van der Waals surface area contributed by atoms with Gasteiger partial charge >= 0.3 is 17.6 Å². The van der Waals surface area contributed by atoms with Gasteiger partial charge in [0.15, 0.2) is 0 Å². The van der Waals surface area contributed by atoms with E-state index in [1.807, 2.05) is 65.8 Å². The van der Waals surface area contributed by atoms with Gasteiger partial charge < -0.3 is 26.6 Å². The van der Waals surface area contributed by atoms with Gasteiger partial charge in [0, 0.05) is 97.8 Å². The minimum atomic E-state index is -2.96. The average molecular weight is 799 g/mol. The molecule has 14 heteroatoms. The van der Waals surface area contributed by atoms with E-state index in [4.69, 9.17) is 26.6 Å². The van der Waals surface area contributed by atoms with Crippen molar-refractivity contribution in [3.05, 3.63) is 70.8 Å². The number of rotatable bonds is 20. The fourth-order valence-electron chi connectivity index (χ4n) is 8.68. The van der Waals surface area contributed by atoms with Crippen molar-refractivity contribution in [2.24, 2.45) is 0 Å². The first-order valence-corrected chi connectivity index (χ1v) is 23.8. The molecular weight excluding hydrogens is 749 g/mol. The molecule has 5 aromatic carbocycles. The Morgan fingerprint density at radius 2 is 0.643 bits per heavy atom. The minimum absolute atomic E-state index is 0.200. The van der Waals surface area contributed by atoms with Gasteiger partial charge in [-0.3, -0.25) is 29.0 Å². The number of amides is 4. The predicted octanol–water partition coefficient (Wildman–Crippen LogP) is 7.81. The minimum Gasteiger partial charge on any atom is -0.374 e. The smallest absolute Gasteiger partial charge is 0.374 e. The highest BCUT2D eigenvalue weighted by atomic mass is 28.4. The summed E-state index contributed by atoms with van der Waals surface area (Å²) in [6.07, 6.45) is 0.952. The van der Waals surface area contributed by atoms with Crippen molar-refractivity contribution in [3.63, 3.8) is 0 Å². The van der Waals surface area contributed by atoms with E-state index in [1.165, 1.54) is 9.80 Å². The quantitative estimate of drug-likeness (QED) is 0.0333. The summed E-state index contributed by atoms with van der Waals surface area (Å²) < 4.78 is 36.0. The van der Waals surface area contributed by atoms with Crippen LogP contribution in [0, 0.1) is 0 Å². The first kappa shape index (κ1) is 40.1. The van der Waals surface area contributed by atoms with Crippen LogP contribution in [0.4, 0.5) is 0 Å². The molecule has 0 N–H and O–H groups in total. The Bertz CT molecular complexity index is 2020. The highest BCUT2D eigenvalue weighted by Crippen LogP contribution is 2.46. The van der Waals surface area contributed by atoms with Crippen molar-refractivity contribution in [2.45, 2.75) is 66.5 Å². The lowest BCUT2D eigenvalue weighted by Crippen LogP contribution is -2.47. The number of nitrogens with zero attached hydrogens (tertiary/aromatic N) is 2. The van der Waals surface area contributed by atoms with Crippen LogP contribution in [0.3, 0.4) is 0 Å². The molecule has 2 heterocycles. The summed E-state index contributed by atoms with van der Waals surface area (Å²) in [4.78, 5) is 59.0. The zero-order chi connectivity index (χ0) is 39.8. The maximum Gasteiger partial charge on any atom is 0.500 e. The zero-order valence-corrected chi connectivity index (χ0v) is 35.1. The van der Waals surface area contributed by atoms with Crippen LogP contribution >= 0.6 is 0 Å². The van der Waals surface area contributed by atoms with Gasteiger partial charge in [0.05, 0.1) is 0 Å². The summed E-state index contributed by atoms with van der Waals surface area (Å²) in [5.41, 5.74) is 1.85. The van der Waals surface area contributed by atoms with Crippen LogP contribution in [-0.4, -0.2) is 104 Å². The van der Waals surface area contributed by atoms with E-state index in [9.17, 15) is 19.2 Å². The second kappa shape index (κ2) is 16.4. The van der Waals surface area contributed by atoms with Crippen LogP contribution in [-0.2, 0) is 26.6 Å². The number of hydrogen-bond acceptors (Lipinski definition) is 10. The molecule has 0 fully saturated rings. The lowest BCUT2D eigenvalue weighted by atomic mass is 9.82. The van der Waals surface area contributed by atoms with Crippen LogP contribution in [0.25, 0.3) is 43.1 Å². The molecule has 0 atom stereocenters. The first-order valence-electron chi connectivity index (χ1n) is 19.9. The molecule has 0 saturated heterocycles. The molecule has 0 aliphatic carbocycles. The second-order valence-electron chi connectivity index (χ2n) is 13.8. The van der Waals surface area contributed by atoms with Crippen molar-refractivity contribution < 1.29 is 45.7 Å². The normalized spacial score (nSPS) is 14.9. The second-order valence-corrected chi connectivity index (χ2v) is 19.3. The van der Waals surface area contributed by atoms with Gasteiger partial charge in [0.2, 0.25) is 0 Å². The molecule has 0 aromatic heterocycles. The number of hydrogen-bond donors (Lipinski definition) is 0. The molecule has 296 valence electrons.